The molecule has 1 amide bonds. The number of amides is 1. The Bertz CT molecular complexity index is 1600. The maximum absolute atomic E-state index is 14.5. The molecule has 182 valence electrons. The average Bonchev–Trinajstić information content (AvgIpc) is 3.35. The lowest BCUT2D eigenvalue weighted by Gasteiger charge is -2.13. The number of hydrogen-bond donors (Lipinski definition) is 1. The molecule has 0 spiro atoms. The van der Waals surface area contributed by atoms with Crippen LogP contribution in [-0.4, -0.2) is 27.0 Å². The second kappa shape index (κ2) is 9.45. The van der Waals surface area contributed by atoms with Crippen LogP contribution in [-0.2, 0) is 13.1 Å². The van der Waals surface area contributed by atoms with Crippen molar-refractivity contribution >= 4 is 5.91 Å². The summed E-state index contributed by atoms with van der Waals surface area (Å²) in [6.07, 6.45) is 0. The topological polar surface area (TPSA) is 104 Å². The molecule has 9 nitrogen and oxygen atoms in total. The molecule has 3 aromatic carbocycles. The molecule has 1 aliphatic heterocycles. The van der Waals surface area contributed by atoms with Gasteiger partial charge < -0.3 is 14.8 Å². The molecule has 0 atom stereocenters. The van der Waals surface area contributed by atoms with Crippen molar-refractivity contribution in [2.45, 2.75) is 13.1 Å². The van der Waals surface area contributed by atoms with Crippen molar-refractivity contribution in [3.05, 3.63) is 116 Å². The Morgan fingerprint density at radius 3 is 2.44 bits per heavy atom. The molecule has 1 aliphatic rings. The van der Waals surface area contributed by atoms with Crippen LogP contribution in [0.2, 0.25) is 0 Å². The van der Waals surface area contributed by atoms with E-state index in [2.05, 4.69) is 10.4 Å². The summed E-state index contributed by atoms with van der Waals surface area (Å²) in [7, 11) is 0. The van der Waals surface area contributed by atoms with Crippen LogP contribution in [0.15, 0.2) is 76.3 Å². The Hall–Kier alpha value is -4.80. The molecule has 5 rings (SSSR count). The minimum atomic E-state index is -1.04. The number of para-hydroxylation sites is 1. The molecule has 36 heavy (non-hydrogen) atoms. The second-order valence-electron chi connectivity index (χ2n) is 7.85. The molecule has 1 N–H and O–H groups in total. The summed E-state index contributed by atoms with van der Waals surface area (Å²) in [6.45, 7) is -0.388. The van der Waals surface area contributed by atoms with E-state index >= 15 is 0 Å². The van der Waals surface area contributed by atoms with Crippen molar-refractivity contribution in [3.63, 3.8) is 0 Å². The van der Waals surface area contributed by atoms with E-state index in [0.717, 1.165) is 6.07 Å². The molecule has 0 aliphatic carbocycles. The first-order valence-electron chi connectivity index (χ1n) is 10.8. The van der Waals surface area contributed by atoms with E-state index in [-0.39, 0.29) is 24.6 Å². The number of fused-ring (bicyclic) bond motifs is 1. The van der Waals surface area contributed by atoms with Crippen LogP contribution < -0.4 is 26.0 Å². The highest BCUT2D eigenvalue weighted by Gasteiger charge is 2.22. The summed E-state index contributed by atoms with van der Waals surface area (Å²) in [4.78, 5) is 39.3. The molecule has 0 radical (unpaired) electrons. The summed E-state index contributed by atoms with van der Waals surface area (Å²) >= 11 is 0. The highest BCUT2D eigenvalue weighted by molar-refractivity contribution is 5.91. The Labute approximate surface area is 202 Å². The van der Waals surface area contributed by atoms with Crippen molar-refractivity contribution < 1.29 is 23.0 Å². The van der Waals surface area contributed by atoms with Gasteiger partial charge in [-0.25, -0.2) is 13.6 Å². The van der Waals surface area contributed by atoms with E-state index in [1.807, 2.05) is 0 Å². The lowest BCUT2D eigenvalue weighted by molar-refractivity contribution is 0.0941. The molecule has 0 fully saturated rings. The van der Waals surface area contributed by atoms with E-state index in [1.54, 1.807) is 24.3 Å². The number of benzene rings is 3. The first-order valence-corrected chi connectivity index (χ1v) is 10.8. The highest BCUT2D eigenvalue weighted by Crippen LogP contribution is 2.32. The first-order chi connectivity index (χ1) is 17.4. The number of carbonyl (C=O) groups excluding carboxylic acids is 1. The number of ether oxygens (including phenoxy) is 2. The van der Waals surface area contributed by atoms with Crippen LogP contribution in [0, 0.1) is 11.6 Å². The zero-order valence-corrected chi connectivity index (χ0v) is 18.6. The summed E-state index contributed by atoms with van der Waals surface area (Å²) < 4.78 is 40.6. The fourth-order valence-corrected chi connectivity index (χ4v) is 3.69. The van der Waals surface area contributed by atoms with Gasteiger partial charge in [-0.3, -0.25) is 14.2 Å². The van der Waals surface area contributed by atoms with Gasteiger partial charge in [-0.1, -0.05) is 36.4 Å². The van der Waals surface area contributed by atoms with Crippen molar-refractivity contribution in [2.75, 3.05) is 6.79 Å². The molecule has 2 heterocycles. The normalized spacial score (nSPS) is 11.9. The maximum Gasteiger partial charge on any atom is 0.352 e. The number of nitrogens with one attached hydrogen (secondary N) is 1. The van der Waals surface area contributed by atoms with E-state index in [4.69, 9.17) is 9.47 Å². The third kappa shape index (κ3) is 4.33. The molecular weight excluding hydrogens is 474 g/mol. The van der Waals surface area contributed by atoms with Gasteiger partial charge in [-0.15, -0.1) is 0 Å². The SMILES string of the molecule is O=C(NCc1ccc2c(c1)OCO2)c1nn(-c2ccccc2F)c(=O)n(Cc2ccccc2F)c1=O. The van der Waals surface area contributed by atoms with E-state index in [9.17, 15) is 23.2 Å². The number of nitrogens with zero attached hydrogens (tertiary/aromatic N) is 3. The minimum absolute atomic E-state index is 0.00271. The zero-order valence-electron chi connectivity index (χ0n) is 18.6. The summed E-state index contributed by atoms with van der Waals surface area (Å²) in [5, 5.41) is 6.45. The van der Waals surface area contributed by atoms with Gasteiger partial charge in [0.25, 0.3) is 11.5 Å². The van der Waals surface area contributed by atoms with E-state index in [0.29, 0.717) is 26.3 Å². The molecule has 0 unspecified atom stereocenters. The van der Waals surface area contributed by atoms with Gasteiger partial charge in [0.1, 0.15) is 17.3 Å². The number of aromatic nitrogens is 3. The molecule has 0 saturated carbocycles. The third-order valence-electron chi connectivity index (χ3n) is 5.53. The fourth-order valence-electron chi connectivity index (χ4n) is 3.69. The van der Waals surface area contributed by atoms with E-state index in [1.165, 1.54) is 36.4 Å². The third-order valence-corrected chi connectivity index (χ3v) is 5.53. The monoisotopic (exact) mass is 492 g/mol. The van der Waals surface area contributed by atoms with Gasteiger partial charge in [0.15, 0.2) is 11.5 Å². The molecule has 0 bridgehead atoms. The average molecular weight is 492 g/mol. The van der Waals surface area contributed by atoms with Gasteiger partial charge >= 0.3 is 5.69 Å². The second-order valence-corrected chi connectivity index (χ2v) is 7.85. The summed E-state index contributed by atoms with van der Waals surface area (Å²) in [6, 6.07) is 15.9. The van der Waals surface area contributed by atoms with Crippen LogP contribution >= 0.6 is 0 Å². The largest absolute Gasteiger partial charge is 0.454 e. The maximum atomic E-state index is 14.5. The lowest BCUT2D eigenvalue weighted by Crippen LogP contribution is -2.46. The predicted molar refractivity (Wildman–Crippen MR) is 123 cm³/mol. The van der Waals surface area contributed by atoms with Crippen molar-refractivity contribution in [1.29, 1.82) is 0 Å². The van der Waals surface area contributed by atoms with Crippen molar-refractivity contribution in [3.8, 4) is 17.2 Å². The van der Waals surface area contributed by atoms with Crippen molar-refractivity contribution in [1.82, 2.24) is 19.7 Å². The number of rotatable bonds is 6. The fraction of sp³-hybridized carbons (Fsp3) is 0.120. The van der Waals surface area contributed by atoms with Crippen LogP contribution in [0.25, 0.3) is 5.69 Å². The van der Waals surface area contributed by atoms with Gasteiger partial charge in [0.2, 0.25) is 12.5 Å². The van der Waals surface area contributed by atoms with Gasteiger partial charge in [0.05, 0.1) is 6.54 Å². The van der Waals surface area contributed by atoms with Crippen LogP contribution in [0.1, 0.15) is 21.6 Å². The Kier molecular flexibility index (Phi) is 6.03. The van der Waals surface area contributed by atoms with Crippen LogP contribution in [0.5, 0.6) is 11.5 Å². The van der Waals surface area contributed by atoms with Gasteiger partial charge in [-0.05, 0) is 35.9 Å². The first kappa shape index (κ1) is 23.0. The Morgan fingerprint density at radius 2 is 1.67 bits per heavy atom. The highest BCUT2D eigenvalue weighted by atomic mass is 19.1. The molecule has 0 saturated heterocycles. The smallest absolute Gasteiger partial charge is 0.352 e. The Morgan fingerprint density at radius 1 is 0.944 bits per heavy atom. The number of hydrogen-bond acceptors (Lipinski definition) is 6. The summed E-state index contributed by atoms with van der Waals surface area (Å²) in [5.74, 6) is -1.26. The quantitative estimate of drug-likeness (QED) is 0.443. The van der Waals surface area contributed by atoms with Gasteiger partial charge in [0, 0.05) is 12.1 Å². The Balaban J connectivity index is 1.54. The zero-order chi connectivity index (χ0) is 25.2. The van der Waals surface area contributed by atoms with Crippen molar-refractivity contribution in [2.24, 2.45) is 0 Å². The van der Waals surface area contributed by atoms with Crippen LogP contribution in [0.3, 0.4) is 0 Å². The number of carbonyl (C=O) groups is 1. The predicted octanol–water partition coefficient (Wildman–Crippen LogP) is 2.38. The number of halogens is 2. The standard InChI is InChI=1S/C25H18F2N4O5/c26-17-6-2-1-5-16(17)13-30-24(33)22(29-31(25(30)34)19-8-4-3-7-18(19)27)23(32)28-12-15-9-10-20-21(11-15)36-14-35-20/h1-11H,12-14H2,(H,28,32). The van der Waals surface area contributed by atoms with E-state index < -0.39 is 41.0 Å². The minimum Gasteiger partial charge on any atom is -0.454 e. The molecular formula is C25H18F2N4O5. The summed E-state index contributed by atoms with van der Waals surface area (Å²) in [5.41, 5.74) is -2.30. The molecule has 4 aromatic rings. The van der Waals surface area contributed by atoms with Crippen LogP contribution in [0.4, 0.5) is 8.78 Å². The molecule has 11 heteroatoms. The van der Waals surface area contributed by atoms with Gasteiger partial charge in [-0.2, -0.15) is 9.78 Å². The molecule has 1 aromatic heterocycles. The lowest BCUT2D eigenvalue weighted by atomic mass is 10.2.